The first kappa shape index (κ1) is 20.9. The minimum Gasteiger partial charge on any atom is -0.508 e. The fourth-order valence-electron chi connectivity index (χ4n) is 2.66. The molecule has 0 radical (unpaired) electrons. The van der Waals surface area contributed by atoms with E-state index in [1.165, 1.54) is 24.4 Å². The van der Waals surface area contributed by atoms with E-state index in [1.54, 1.807) is 36.4 Å². The average Bonchev–Trinajstić information content (AvgIpc) is 2.76. The molecule has 0 unspecified atom stereocenters. The van der Waals surface area contributed by atoms with E-state index in [-0.39, 0.29) is 17.3 Å². The van der Waals surface area contributed by atoms with Gasteiger partial charge in [-0.05, 0) is 66.6 Å². The van der Waals surface area contributed by atoms with Gasteiger partial charge in [-0.1, -0.05) is 25.1 Å². The van der Waals surface area contributed by atoms with E-state index in [0.29, 0.717) is 23.4 Å². The molecule has 3 aromatic rings. The molecule has 0 saturated carbocycles. The molecule has 2 N–H and O–H groups in total. The Hall–Kier alpha value is -3.86. The number of rotatable bonds is 8. The third kappa shape index (κ3) is 5.82. The first-order chi connectivity index (χ1) is 14.5. The number of hydrogen-bond acceptors (Lipinski definition) is 5. The number of carbonyl (C=O) groups excluding carboxylic acids is 1. The lowest BCUT2D eigenvalue weighted by molar-refractivity contribution is 0.104. The van der Waals surface area contributed by atoms with Gasteiger partial charge < -0.3 is 14.9 Å². The number of nitrogens with zero attached hydrogens (tertiary/aromatic N) is 1. The molecular weight excluding hydrogens is 378 g/mol. The number of carbonyl (C=O) groups is 1. The fraction of sp³-hybridized carbons (Fsp3) is 0.120. The highest BCUT2D eigenvalue weighted by molar-refractivity contribution is 6.07. The molecule has 0 bridgehead atoms. The zero-order valence-electron chi connectivity index (χ0n) is 16.7. The van der Waals surface area contributed by atoms with Gasteiger partial charge in [-0.25, -0.2) is 0 Å². The summed E-state index contributed by atoms with van der Waals surface area (Å²) in [4.78, 5) is 16.7. The van der Waals surface area contributed by atoms with E-state index in [1.807, 2.05) is 24.3 Å². The molecule has 0 saturated heterocycles. The molecule has 0 aromatic heterocycles. The summed E-state index contributed by atoms with van der Waals surface area (Å²) in [6.07, 6.45) is 5.76. The van der Waals surface area contributed by atoms with Crippen LogP contribution in [0.1, 0.15) is 34.8 Å². The summed E-state index contributed by atoms with van der Waals surface area (Å²) in [6.45, 7) is 2.74. The van der Waals surface area contributed by atoms with E-state index in [2.05, 4.69) is 11.9 Å². The van der Waals surface area contributed by atoms with Gasteiger partial charge in [0, 0.05) is 23.4 Å². The first-order valence-corrected chi connectivity index (χ1v) is 9.66. The van der Waals surface area contributed by atoms with Crippen molar-refractivity contribution in [2.45, 2.75) is 13.3 Å². The van der Waals surface area contributed by atoms with Crippen LogP contribution in [0.2, 0.25) is 0 Å². The van der Waals surface area contributed by atoms with Crippen LogP contribution >= 0.6 is 0 Å². The first-order valence-electron chi connectivity index (χ1n) is 9.66. The van der Waals surface area contributed by atoms with E-state index in [0.717, 1.165) is 17.7 Å². The summed E-state index contributed by atoms with van der Waals surface area (Å²) in [6, 6.07) is 18.8. The maximum Gasteiger partial charge on any atom is 0.185 e. The van der Waals surface area contributed by atoms with Gasteiger partial charge in [0.25, 0.3) is 0 Å². The van der Waals surface area contributed by atoms with Crippen LogP contribution in [0, 0.1) is 0 Å². The number of allylic oxidation sites excluding steroid dienone is 1. The predicted octanol–water partition coefficient (Wildman–Crippen LogP) is 5.53. The Balaban J connectivity index is 1.61. The molecule has 0 aliphatic rings. The van der Waals surface area contributed by atoms with E-state index in [4.69, 9.17) is 4.74 Å². The van der Waals surface area contributed by atoms with Crippen molar-refractivity contribution in [3.8, 4) is 17.2 Å². The van der Waals surface area contributed by atoms with E-state index < -0.39 is 0 Å². The van der Waals surface area contributed by atoms with Crippen LogP contribution < -0.4 is 4.74 Å². The molecule has 0 spiro atoms. The Labute approximate surface area is 175 Å². The van der Waals surface area contributed by atoms with Gasteiger partial charge in [0.1, 0.15) is 17.2 Å². The van der Waals surface area contributed by atoms with Gasteiger partial charge in [0.15, 0.2) is 5.78 Å². The van der Waals surface area contributed by atoms with E-state index in [9.17, 15) is 15.0 Å². The van der Waals surface area contributed by atoms with Crippen molar-refractivity contribution in [1.82, 2.24) is 0 Å². The fourth-order valence-corrected chi connectivity index (χ4v) is 2.66. The summed E-state index contributed by atoms with van der Waals surface area (Å²) in [5.74, 6) is 0.645. The third-order valence-corrected chi connectivity index (χ3v) is 4.30. The van der Waals surface area contributed by atoms with Crippen molar-refractivity contribution in [3.05, 3.63) is 89.5 Å². The Kier molecular flexibility index (Phi) is 7.00. The normalized spacial score (nSPS) is 11.2. The highest BCUT2D eigenvalue weighted by atomic mass is 16.5. The molecule has 5 heteroatoms. The average molecular weight is 401 g/mol. The van der Waals surface area contributed by atoms with Crippen molar-refractivity contribution in [1.29, 1.82) is 0 Å². The molecule has 0 fully saturated rings. The van der Waals surface area contributed by atoms with Crippen LogP contribution in [0.25, 0.3) is 6.08 Å². The number of aromatic hydroxyl groups is 2. The number of phenolic OH excluding ortho intramolecular Hbond substituents is 2. The van der Waals surface area contributed by atoms with Gasteiger partial charge in [0.2, 0.25) is 0 Å². The van der Waals surface area contributed by atoms with E-state index >= 15 is 0 Å². The largest absolute Gasteiger partial charge is 0.508 e. The Morgan fingerprint density at radius 3 is 2.40 bits per heavy atom. The van der Waals surface area contributed by atoms with Crippen LogP contribution in [0.4, 0.5) is 5.69 Å². The molecule has 0 atom stereocenters. The predicted molar refractivity (Wildman–Crippen MR) is 119 cm³/mol. The molecule has 0 aliphatic carbocycles. The number of hydrogen-bond donors (Lipinski definition) is 2. The van der Waals surface area contributed by atoms with Crippen LogP contribution in [0.3, 0.4) is 0 Å². The maximum atomic E-state index is 12.4. The lowest BCUT2D eigenvalue weighted by atomic mass is 10.1. The molecule has 0 aliphatic heterocycles. The monoisotopic (exact) mass is 401 g/mol. The van der Waals surface area contributed by atoms with Crippen LogP contribution in [-0.2, 0) is 0 Å². The van der Waals surface area contributed by atoms with Crippen LogP contribution in [0.15, 0.2) is 77.8 Å². The van der Waals surface area contributed by atoms with Crippen molar-refractivity contribution in [2.75, 3.05) is 6.61 Å². The summed E-state index contributed by atoms with van der Waals surface area (Å²) in [5.41, 5.74) is 2.61. The molecule has 152 valence electrons. The quantitative estimate of drug-likeness (QED) is 0.295. The van der Waals surface area contributed by atoms with Crippen molar-refractivity contribution < 1.29 is 19.7 Å². The molecule has 0 heterocycles. The second kappa shape index (κ2) is 10.1. The minimum absolute atomic E-state index is 0.0126. The van der Waals surface area contributed by atoms with Gasteiger partial charge in [-0.3, -0.25) is 9.79 Å². The zero-order chi connectivity index (χ0) is 21.3. The zero-order valence-corrected chi connectivity index (χ0v) is 16.7. The molecule has 3 aromatic carbocycles. The highest BCUT2D eigenvalue weighted by Gasteiger charge is 2.03. The second-order valence-corrected chi connectivity index (χ2v) is 6.66. The molecular formula is C25H23NO4. The number of phenols is 2. The number of ketones is 1. The molecule has 5 nitrogen and oxygen atoms in total. The van der Waals surface area contributed by atoms with Gasteiger partial charge in [0.05, 0.1) is 12.3 Å². The van der Waals surface area contributed by atoms with Gasteiger partial charge >= 0.3 is 0 Å². The van der Waals surface area contributed by atoms with Crippen molar-refractivity contribution in [3.63, 3.8) is 0 Å². The van der Waals surface area contributed by atoms with Crippen molar-refractivity contribution in [2.24, 2.45) is 4.99 Å². The summed E-state index contributed by atoms with van der Waals surface area (Å²) in [7, 11) is 0. The SMILES string of the molecule is CCCOc1ccc(/C=C/C(=O)c2ccc(N=Cc3ccc(O)cc3O)cc2)cc1. The maximum absolute atomic E-state index is 12.4. The Bertz CT molecular complexity index is 1050. The second-order valence-electron chi connectivity index (χ2n) is 6.66. The molecule has 30 heavy (non-hydrogen) atoms. The number of ether oxygens (including phenoxy) is 1. The summed E-state index contributed by atoms with van der Waals surface area (Å²) < 4.78 is 5.55. The standard InChI is InChI=1S/C25H23NO4/c1-2-15-30-23-12-3-18(4-13-23)5-14-24(28)19-6-9-21(10-7-19)26-17-20-8-11-22(27)16-25(20)29/h3-14,16-17,27,29H,2,15H2,1H3/b14-5+,26-17?. The summed E-state index contributed by atoms with van der Waals surface area (Å²) in [5, 5.41) is 19.1. The lowest BCUT2D eigenvalue weighted by Gasteiger charge is -2.04. The summed E-state index contributed by atoms with van der Waals surface area (Å²) >= 11 is 0. The highest BCUT2D eigenvalue weighted by Crippen LogP contribution is 2.22. The number of aliphatic imine (C=N–C) groups is 1. The Morgan fingerprint density at radius 1 is 1.00 bits per heavy atom. The minimum atomic E-state index is -0.104. The molecule has 0 amide bonds. The van der Waals surface area contributed by atoms with Crippen LogP contribution in [-0.4, -0.2) is 28.8 Å². The topological polar surface area (TPSA) is 79.1 Å². The third-order valence-electron chi connectivity index (χ3n) is 4.30. The van der Waals surface area contributed by atoms with Crippen molar-refractivity contribution >= 4 is 23.8 Å². The van der Waals surface area contributed by atoms with Gasteiger partial charge in [-0.2, -0.15) is 0 Å². The smallest absolute Gasteiger partial charge is 0.185 e. The van der Waals surface area contributed by atoms with Crippen LogP contribution in [0.5, 0.6) is 17.2 Å². The van der Waals surface area contributed by atoms with Gasteiger partial charge in [-0.15, -0.1) is 0 Å². The lowest BCUT2D eigenvalue weighted by Crippen LogP contribution is -1.94. The molecule has 3 rings (SSSR count). The number of benzene rings is 3. The Morgan fingerprint density at radius 2 is 1.73 bits per heavy atom.